The third kappa shape index (κ3) is 4.88. The molecule has 3 N–H and O–H groups in total. The number of anilines is 1. The summed E-state index contributed by atoms with van der Waals surface area (Å²) < 4.78 is 0. The number of benzene rings is 4. The minimum atomic E-state index is -1.34. The van der Waals surface area contributed by atoms with E-state index < -0.39 is 17.8 Å². The van der Waals surface area contributed by atoms with Gasteiger partial charge in [-0.1, -0.05) is 53.5 Å². The van der Waals surface area contributed by atoms with Crippen LogP contribution >= 0.6 is 0 Å². The van der Waals surface area contributed by atoms with Crippen molar-refractivity contribution in [3.05, 3.63) is 106 Å². The fourth-order valence-electron chi connectivity index (χ4n) is 4.30. The minimum absolute atomic E-state index is 0.0119. The molecule has 0 saturated heterocycles. The number of carbonyl (C=O) groups excluding carboxylic acids is 2. The molecule has 4 rings (SSSR count). The molecule has 0 spiro atoms. The van der Waals surface area contributed by atoms with E-state index in [9.17, 15) is 29.4 Å². The number of nitrogens with one attached hydrogen (secondary N) is 1. The lowest BCUT2D eigenvalue weighted by molar-refractivity contribution is 0.0686. The molecular formula is C28H22BNO6. The van der Waals surface area contributed by atoms with E-state index in [1.165, 1.54) is 24.3 Å². The lowest BCUT2D eigenvalue weighted by atomic mass is 9.63. The molecule has 8 heteroatoms. The highest BCUT2D eigenvalue weighted by Crippen LogP contribution is 2.31. The first-order chi connectivity index (χ1) is 17.2. The summed E-state index contributed by atoms with van der Waals surface area (Å²) in [6, 6.07) is 19.5. The number of aryl methyl sites for hydroxylation is 2. The SMILES string of the molecule is Cc1cccc(BC(=O)c2ccc(C(=O)O)c3c(C(=O)Nc4cccc(C)c4)ccc(C(=O)O)c23)c1. The van der Waals surface area contributed by atoms with Crippen molar-refractivity contribution >= 4 is 52.7 Å². The first-order valence-corrected chi connectivity index (χ1v) is 11.2. The van der Waals surface area contributed by atoms with Crippen molar-refractivity contribution in [2.24, 2.45) is 0 Å². The van der Waals surface area contributed by atoms with Crippen LogP contribution in [0.5, 0.6) is 0 Å². The number of carboxylic acids is 2. The third-order valence-electron chi connectivity index (χ3n) is 5.89. The Morgan fingerprint density at radius 2 is 1.19 bits per heavy atom. The molecule has 4 aromatic rings. The number of hydrogen-bond acceptors (Lipinski definition) is 4. The first-order valence-electron chi connectivity index (χ1n) is 11.2. The molecule has 4 aromatic carbocycles. The topological polar surface area (TPSA) is 121 Å². The van der Waals surface area contributed by atoms with Crippen LogP contribution in [-0.2, 0) is 0 Å². The second-order valence-electron chi connectivity index (χ2n) is 8.59. The van der Waals surface area contributed by atoms with Crippen LogP contribution in [0.15, 0.2) is 72.8 Å². The van der Waals surface area contributed by atoms with E-state index in [-0.39, 0.29) is 46.0 Å². The van der Waals surface area contributed by atoms with Crippen LogP contribution in [0.3, 0.4) is 0 Å². The van der Waals surface area contributed by atoms with E-state index >= 15 is 0 Å². The van der Waals surface area contributed by atoms with Gasteiger partial charge in [-0.2, -0.15) is 0 Å². The van der Waals surface area contributed by atoms with Gasteiger partial charge >= 0.3 is 11.9 Å². The zero-order valence-corrected chi connectivity index (χ0v) is 19.7. The maximum Gasteiger partial charge on any atom is 0.336 e. The first kappa shape index (κ1) is 24.4. The molecule has 0 aliphatic heterocycles. The molecular weight excluding hydrogens is 457 g/mol. The maximum atomic E-state index is 13.4. The summed E-state index contributed by atoms with van der Waals surface area (Å²) in [5.41, 5.74) is 2.20. The summed E-state index contributed by atoms with van der Waals surface area (Å²) in [6.45, 7) is 3.76. The molecule has 36 heavy (non-hydrogen) atoms. The number of amides is 1. The molecule has 178 valence electrons. The standard InChI is InChI=1S/C28H22BNO6/c1-15-5-3-7-17(13-15)29-25(31)19-9-11-22(28(35)36)24-20(10-12-21(23(19)24)27(33)34)26(32)30-18-8-4-6-16(2)14-18/h3-14,29H,1-2H3,(H,30,32)(H,33,34)(H,35,36). The van der Waals surface area contributed by atoms with E-state index in [1.54, 1.807) is 24.3 Å². The summed E-state index contributed by atoms with van der Waals surface area (Å²) in [5.74, 6) is -3.30. The lowest BCUT2D eigenvalue weighted by Crippen LogP contribution is -2.25. The Hall–Kier alpha value is -4.72. The third-order valence-corrected chi connectivity index (χ3v) is 5.89. The van der Waals surface area contributed by atoms with Gasteiger partial charge < -0.3 is 20.3 Å². The predicted octanol–water partition coefficient (Wildman–Crippen LogP) is 4.01. The molecule has 0 radical (unpaired) electrons. The molecule has 0 heterocycles. The van der Waals surface area contributed by atoms with Crippen LogP contribution in [-0.4, -0.2) is 41.0 Å². The van der Waals surface area contributed by atoms with Crippen molar-refractivity contribution < 1.29 is 29.4 Å². The van der Waals surface area contributed by atoms with E-state index in [4.69, 9.17) is 0 Å². The number of carbonyl (C=O) groups is 4. The Bertz CT molecular complexity index is 1440. The Morgan fingerprint density at radius 1 is 0.667 bits per heavy atom. The van der Waals surface area contributed by atoms with Crippen LogP contribution in [0.4, 0.5) is 5.69 Å². The van der Waals surface area contributed by atoms with Gasteiger partial charge in [0.25, 0.3) is 5.91 Å². The van der Waals surface area contributed by atoms with Gasteiger partial charge in [0.2, 0.25) is 7.28 Å². The van der Waals surface area contributed by atoms with Crippen LogP contribution in [0.1, 0.15) is 52.6 Å². The molecule has 0 bridgehead atoms. The number of carboxylic acid groups (broad SMARTS) is 2. The van der Waals surface area contributed by atoms with Gasteiger partial charge in [-0.15, -0.1) is 0 Å². The fourth-order valence-corrected chi connectivity index (χ4v) is 4.30. The molecule has 0 aromatic heterocycles. The number of rotatable bonds is 7. The van der Waals surface area contributed by atoms with Crippen LogP contribution in [0.25, 0.3) is 10.8 Å². The van der Waals surface area contributed by atoms with Gasteiger partial charge in [-0.25, -0.2) is 9.59 Å². The van der Waals surface area contributed by atoms with Crippen LogP contribution in [0.2, 0.25) is 0 Å². The van der Waals surface area contributed by atoms with Gasteiger partial charge in [0.1, 0.15) is 5.68 Å². The minimum Gasteiger partial charge on any atom is -0.478 e. The van der Waals surface area contributed by atoms with Crippen molar-refractivity contribution in [3.8, 4) is 0 Å². The summed E-state index contributed by atoms with van der Waals surface area (Å²) in [7, 11) is -0.0119. The van der Waals surface area contributed by atoms with Crippen molar-refractivity contribution in [3.63, 3.8) is 0 Å². The molecule has 0 aliphatic rings. The van der Waals surface area contributed by atoms with Crippen LogP contribution < -0.4 is 10.8 Å². The number of aromatic carboxylic acids is 2. The van der Waals surface area contributed by atoms with E-state index in [0.29, 0.717) is 5.69 Å². The smallest absolute Gasteiger partial charge is 0.336 e. The second-order valence-corrected chi connectivity index (χ2v) is 8.59. The largest absolute Gasteiger partial charge is 0.478 e. The molecule has 0 unspecified atom stereocenters. The molecule has 0 fully saturated rings. The highest BCUT2D eigenvalue weighted by atomic mass is 16.4. The average Bonchev–Trinajstić information content (AvgIpc) is 2.82. The average molecular weight is 479 g/mol. The van der Waals surface area contributed by atoms with Crippen molar-refractivity contribution in [1.29, 1.82) is 0 Å². The number of fused-ring (bicyclic) bond motifs is 1. The van der Waals surface area contributed by atoms with Crippen molar-refractivity contribution in [2.75, 3.05) is 5.32 Å². The molecule has 7 nitrogen and oxygen atoms in total. The van der Waals surface area contributed by atoms with E-state index in [1.807, 2.05) is 38.1 Å². The zero-order chi connectivity index (χ0) is 26.0. The maximum absolute atomic E-state index is 13.4. The lowest BCUT2D eigenvalue weighted by Gasteiger charge is -2.15. The van der Waals surface area contributed by atoms with Crippen LogP contribution in [0, 0.1) is 13.8 Å². The quantitative estimate of drug-likeness (QED) is 0.345. The second kappa shape index (κ2) is 9.87. The van der Waals surface area contributed by atoms with Gasteiger partial charge in [-0.3, -0.25) is 4.79 Å². The van der Waals surface area contributed by atoms with Crippen molar-refractivity contribution in [2.45, 2.75) is 13.8 Å². The normalized spacial score (nSPS) is 10.6. The van der Waals surface area contributed by atoms with E-state index in [2.05, 4.69) is 5.32 Å². The molecule has 0 aliphatic carbocycles. The molecule has 0 saturated carbocycles. The Balaban J connectivity index is 1.92. The highest BCUT2D eigenvalue weighted by Gasteiger charge is 2.26. The van der Waals surface area contributed by atoms with E-state index in [0.717, 1.165) is 16.6 Å². The fraction of sp³-hybridized carbons (Fsp3) is 0.0714. The predicted molar refractivity (Wildman–Crippen MR) is 139 cm³/mol. The molecule has 0 atom stereocenters. The molecule has 1 amide bonds. The zero-order valence-electron chi connectivity index (χ0n) is 19.7. The summed E-state index contributed by atoms with van der Waals surface area (Å²) in [4.78, 5) is 50.9. The Labute approximate surface area is 207 Å². The Morgan fingerprint density at radius 3 is 1.78 bits per heavy atom. The number of hydrogen-bond donors (Lipinski definition) is 3. The van der Waals surface area contributed by atoms with Gasteiger partial charge in [0, 0.05) is 27.6 Å². The highest BCUT2D eigenvalue weighted by molar-refractivity contribution is 6.87. The summed E-state index contributed by atoms with van der Waals surface area (Å²) in [5, 5.41) is 22.3. The van der Waals surface area contributed by atoms with Gasteiger partial charge in [0.15, 0.2) is 0 Å². The summed E-state index contributed by atoms with van der Waals surface area (Å²) >= 11 is 0. The van der Waals surface area contributed by atoms with Gasteiger partial charge in [-0.05, 0) is 49.7 Å². The van der Waals surface area contributed by atoms with Crippen molar-refractivity contribution in [1.82, 2.24) is 0 Å². The monoisotopic (exact) mass is 479 g/mol. The Kier molecular flexibility index (Phi) is 6.70. The summed E-state index contributed by atoms with van der Waals surface area (Å²) in [6.07, 6.45) is 0. The van der Waals surface area contributed by atoms with Gasteiger partial charge in [0.05, 0.1) is 11.1 Å².